The van der Waals surface area contributed by atoms with Crippen LogP contribution < -0.4 is 14.4 Å². The Morgan fingerprint density at radius 2 is 1.85 bits per heavy atom. The molecule has 3 aliphatic heterocycles. The molecular weight excluding hydrogens is 688 g/mol. The molecule has 0 N–H and O–H groups in total. The third-order valence-electron chi connectivity index (χ3n) is 10.8. The van der Waals surface area contributed by atoms with Crippen molar-refractivity contribution in [3.63, 3.8) is 0 Å². The molecule has 3 aromatic carbocycles. The molecule has 1 aromatic heterocycles. The molecule has 0 aliphatic carbocycles. The number of piperazine rings is 1. The molecule has 3 saturated heterocycles. The summed E-state index contributed by atoms with van der Waals surface area (Å²) in [4.78, 5) is 15.5. The highest BCUT2D eigenvalue weighted by Crippen LogP contribution is 2.43. The van der Waals surface area contributed by atoms with E-state index in [1.165, 1.54) is 31.4 Å². The molecule has 4 aromatic rings. The van der Waals surface area contributed by atoms with Gasteiger partial charge < -0.3 is 19.1 Å². The first kappa shape index (κ1) is 36.7. The minimum Gasteiger partial charge on any atom is -0.468 e. The van der Waals surface area contributed by atoms with Gasteiger partial charge in [0.1, 0.15) is 41.5 Å². The van der Waals surface area contributed by atoms with Crippen molar-refractivity contribution in [2.75, 3.05) is 58.1 Å². The summed E-state index contributed by atoms with van der Waals surface area (Å²) in [6.45, 7) is 8.65. The van der Waals surface area contributed by atoms with Crippen LogP contribution in [0.4, 0.5) is 23.4 Å². The van der Waals surface area contributed by atoms with Gasteiger partial charge in [-0.25, -0.2) is 17.6 Å². The molecule has 0 saturated carbocycles. The van der Waals surface area contributed by atoms with Crippen LogP contribution >= 0.6 is 0 Å². The van der Waals surface area contributed by atoms with Crippen LogP contribution in [0.2, 0.25) is 0 Å². The second-order valence-electron chi connectivity index (χ2n) is 15.2. The molecular formula is C40H42F4N6O3. The fraction of sp³-hybridized carbons (Fsp3) is 0.475. The van der Waals surface area contributed by atoms with Gasteiger partial charge in [-0.3, -0.25) is 9.80 Å². The van der Waals surface area contributed by atoms with Crippen molar-refractivity contribution in [1.82, 2.24) is 19.8 Å². The van der Waals surface area contributed by atoms with E-state index in [9.17, 15) is 9.65 Å². The van der Waals surface area contributed by atoms with E-state index in [4.69, 9.17) is 25.6 Å². The highest BCUT2D eigenvalue weighted by Gasteiger charge is 2.49. The largest absolute Gasteiger partial charge is 0.468 e. The van der Waals surface area contributed by atoms with Crippen molar-refractivity contribution >= 4 is 27.5 Å². The number of rotatable bonds is 9. The normalized spacial score (nSPS) is 22.3. The third kappa shape index (κ3) is 6.71. The van der Waals surface area contributed by atoms with E-state index in [0.29, 0.717) is 38.0 Å². The smallest absolute Gasteiger partial charge is 0.319 e. The number of halogens is 4. The Labute approximate surface area is 306 Å². The molecule has 9 nitrogen and oxygen atoms in total. The lowest BCUT2D eigenvalue weighted by atomic mass is 9.92. The number of anilines is 1. The Morgan fingerprint density at radius 3 is 2.58 bits per heavy atom. The van der Waals surface area contributed by atoms with Crippen molar-refractivity contribution in [3.05, 3.63) is 53.3 Å². The number of terminal acetylenes is 1. The van der Waals surface area contributed by atoms with E-state index in [0.717, 1.165) is 19.4 Å². The average Bonchev–Trinajstić information content (AvgIpc) is 3.65. The molecule has 0 spiro atoms. The molecule has 278 valence electrons. The second kappa shape index (κ2) is 14.3. The van der Waals surface area contributed by atoms with Crippen LogP contribution in [0.1, 0.15) is 52.0 Å². The van der Waals surface area contributed by atoms with Gasteiger partial charge in [-0.2, -0.15) is 15.2 Å². The molecule has 4 heterocycles. The van der Waals surface area contributed by atoms with E-state index in [-0.39, 0.29) is 76.4 Å². The van der Waals surface area contributed by atoms with E-state index < -0.39 is 34.7 Å². The first-order chi connectivity index (χ1) is 25.4. The highest BCUT2D eigenvalue weighted by atomic mass is 19.1. The highest BCUT2D eigenvalue weighted by molar-refractivity contribution is 6.04. The van der Waals surface area contributed by atoms with Crippen molar-refractivity contribution in [2.24, 2.45) is 0 Å². The van der Waals surface area contributed by atoms with Gasteiger partial charge in [0, 0.05) is 67.6 Å². The van der Waals surface area contributed by atoms with Crippen LogP contribution in [0, 0.1) is 41.1 Å². The molecule has 3 fully saturated rings. The zero-order valence-electron chi connectivity index (χ0n) is 30.3. The summed E-state index contributed by atoms with van der Waals surface area (Å²) in [6.07, 6.45) is 6.95. The van der Waals surface area contributed by atoms with E-state index in [1.807, 2.05) is 4.90 Å². The molecule has 53 heavy (non-hydrogen) atoms. The fourth-order valence-electron chi connectivity index (χ4n) is 8.53. The van der Waals surface area contributed by atoms with Crippen LogP contribution in [-0.4, -0.2) is 96.3 Å². The minimum absolute atomic E-state index is 0.0334. The number of nitriles is 1. The first-order valence-corrected chi connectivity index (χ1v) is 17.8. The number of fused-ring (bicyclic) bond motifs is 3. The van der Waals surface area contributed by atoms with Gasteiger partial charge in [0.05, 0.1) is 29.2 Å². The number of benzene rings is 3. The molecule has 3 aliphatic rings. The summed E-state index contributed by atoms with van der Waals surface area (Å²) in [5.74, 6) is 0.111. The lowest BCUT2D eigenvalue weighted by Crippen LogP contribution is -2.59. The summed E-state index contributed by atoms with van der Waals surface area (Å²) in [6, 6.07) is 8.77. The van der Waals surface area contributed by atoms with Gasteiger partial charge in [-0.15, -0.1) is 6.42 Å². The van der Waals surface area contributed by atoms with Gasteiger partial charge in [0.25, 0.3) is 0 Å². The Balaban J connectivity index is 1.41. The Bertz CT molecular complexity index is 2150. The van der Waals surface area contributed by atoms with Gasteiger partial charge in [-0.05, 0) is 69.8 Å². The zero-order valence-corrected chi connectivity index (χ0v) is 30.3. The predicted molar refractivity (Wildman–Crippen MR) is 194 cm³/mol. The summed E-state index contributed by atoms with van der Waals surface area (Å²) in [7, 11) is 1.44. The number of aromatic nitrogens is 2. The van der Waals surface area contributed by atoms with Crippen LogP contribution in [0.15, 0.2) is 30.3 Å². The summed E-state index contributed by atoms with van der Waals surface area (Å²) < 4.78 is 80.7. The summed E-state index contributed by atoms with van der Waals surface area (Å²) in [5.41, 5.74) is -1.66. The summed E-state index contributed by atoms with van der Waals surface area (Å²) >= 11 is 0. The quantitative estimate of drug-likeness (QED) is 0.103. The molecule has 0 amide bonds. The third-order valence-corrected chi connectivity index (χ3v) is 10.8. The lowest BCUT2D eigenvalue weighted by molar-refractivity contribution is 0.0512. The molecule has 0 bridgehead atoms. The standard InChI is InChI=1S/C40H42F4N6O3/c1-6-28-31(42)9-8-24-16-27(53-23-51-5)17-29(33(24)28)34-32(43)18-30-36(35(34)44)46-38(52-22-40-11-7-13-49(40)20-25(41)19-40)47-37(30)48-14-15-50(39(2,3)4)26(21-48)10-12-45/h1,8-9,16-18,25-26H,7,10-11,13-15,19-23H2,2-5H3/t25-,26+,40+/m1/s1. The van der Waals surface area contributed by atoms with Crippen LogP contribution in [0.25, 0.3) is 32.8 Å². The van der Waals surface area contributed by atoms with Crippen molar-refractivity contribution in [2.45, 2.75) is 69.7 Å². The maximum Gasteiger partial charge on any atom is 0.319 e. The van der Waals surface area contributed by atoms with Crippen LogP contribution in [-0.2, 0) is 4.74 Å². The Kier molecular flexibility index (Phi) is 9.87. The second-order valence-corrected chi connectivity index (χ2v) is 15.2. The van der Waals surface area contributed by atoms with E-state index >= 15 is 13.2 Å². The SMILES string of the molecule is C#Cc1c(F)ccc2cc(OCOC)cc(-c3c(F)cc4c(N5CCN(C(C)(C)C)[C@@H](CC#N)C5)nc(OC[C@@]56CCCN5C[C@H](F)C6)nc4c3F)c12. The van der Waals surface area contributed by atoms with E-state index in [2.05, 4.69) is 47.5 Å². The summed E-state index contributed by atoms with van der Waals surface area (Å²) in [5, 5.41) is 10.4. The average molecular weight is 731 g/mol. The molecule has 3 atom stereocenters. The van der Waals surface area contributed by atoms with Gasteiger partial charge in [-0.1, -0.05) is 12.0 Å². The van der Waals surface area contributed by atoms with Crippen molar-refractivity contribution in [3.8, 4) is 41.3 Å². The number of hydrogen-bond acceptors (Lipinski definition) is 9. The number of methoxy groups -OCH3 is 1. The topological polar surface area (TPSA) is 87.0 Å². The maximum absolute atomic E-state index is 17.3. The Hall–Kier alpha value is -4.69. The lowest BCUT2D eigenvalue weighted by Gasteiger charge is -2.47. The number of nitrogens with zero attached hydrogens (tertiary/aromatic N) is 6. The number of hydrogen-bond donors (Lipinski definition) is 0. The van der Waals surface area contributed by atoms with Crippen molar-refractivity contribution in [1.29, 1.82) is 5.26 Å². The first-order valence-electron chi connectivity index (χ1n) is 17.8. The van der Waals surface area contributed by atoms with Gasteiger partial charge in [0.2, 0.25) is 0 Å². The molecule has 7 rings (SSSR count). The monoisotopic (exact) mass is 730 g/mol. The van der Waals surface area contributed by atoms with Crippen molar-refractivity contribution < 1.29 is 31.8 Å². The van der Waals surface area contributed by atoms with Crippen LogP contribution in [0.5, 0.6) is 11.8 Å². The maximum atomic E-state index is 17.3. The molecule has 13 heteroatoms. The molecule has 0 unspecified atom stereocenters. The molecule has 0 radical (unpaired) electrons. The van der Waals surface area contributed by atoms with Crippen LogP contribution in [0.3, 0.4) is 0 Å². The van der Waals surface area contributed by atoms with Gasteiger partial charge >= 0.3 is 6.01 Å². The fourth-order valence-corrected chi connectivity index (χ4v) is 8.53. The van der Waals surface area contributed by atoms with Gasteiger partial charge in [0.15, 0.2) is 12.6 Å². The number of alkyl halides is 1. The predicted octanol–water partition coefficient (Wildman–Crippen LogP) is 6.99. The minimum atomic E-state index is -1.03. The zero-order chi connectivity index (χ0) is 37.7. The van der Waals surface area contributed by atoms with E-state index in [1.54, 1.807) is 6.07 Å². The Morgan fingerprint density at radius 1 is 1.04 bits per heavy atom. The number of ether oxygens (including phenoxy) is 3.